The smallest absolute Gasteiger partial charge is 0.258 e. The number of carbonyl (C=O) groups excluding carboxylic acids is 1. The Morgan fingerprint density at radius 1 is 1.03 bits per heavy atom. The fourth-order valence-corrected chi connectivity index (χ4v) is 10.8. The number of carbonyl (C=O) groups is 1. The highest BCUT2D eigenvalue weighted by Crippen LogP contribution is 2.42. The van der Waals surface area contributed by atoms with Crippen LogP contribution in [0.1, 0.15) is 87.1 Å². The molecule has 174 valence electrons. The largest absolute Gasteiger partial charge is 0.543 e. The van der Waals surface area contributed by atoms with Crippen LogP contribution in [-0.2, 0) is 11.2 Å². The van der Waals surface area contributed by atoms with Gasteiger partial charge < -0.3 is 9.33 Å². The molecule has 1 fully saturated rings. The van der Waals surface area contributed by atoms with Crippen molar-refractivity contribution < 1.29 is 9.22 Å². The van der Waals surface area contributed by atoms with Gasteiger partial charge in [0.1, 0.15) is 5.75 Å². The van der Waals surface area contributed by atoms with Gasteiger partial charge in [-0.15, -0.1) is 0 Å². The predicted molar refractivity (Wildman–Crippen MR) is 135 cm³/mol. The number of hydrogen-bond acceptors (Lipinski definition) is 2. The molecule has 31 heavy (non-hydrogen) atoms. The van der Waals surface area contributed by atoms with E-state index in [1.165, 1.54) is 11.1 Å². The monoisotopic (exact) mass is 443 g/mol. The fourth-order valence-electron chi connectivity index (χ4n) is 5.60. The summed E-state index contributed by atoms with van der Waals surface area (Å²) in [6.07, 6.45) is 4.00. The Labute approximate surface area is 192 Å². The van der Waals surface area contributed by atoms with Gasteiger partial charge in [0.25, 0.3) is 8.32 Å². The van der Waals surface area contributed by atoms with Gasteiger partial charge in [-0.05, 0) is 67.4 Å². The van der Waals surface area contributed by atoms with Crippen molar-refractivity contribution in [2.75, 3.05) is 6.54 Å². The quantitative estimate of drug-likeness (QED) is 0.276. The molecular weight excluding hydrogens is 398 g/mol. The van der Waals surface area contributed by atoms with E-state index in [1.54, 1.807) is 0 Å². The number of hydrogen-bond donors (Lipinski definition) is 0. The molecule has 0 aliphatic carbocycles. The molecule has 0 radical (unpaired) electrons. The summed E-state index contributed by atoms with van der Waals surface area (Å²) < 4.78 is 6.79. The van der Waals surface area contributed by atoms with Crippen molar-refractivity contribution >= 4 is 14.2 Å². The van der Waals surface area contributed by atoms with Gasteiger partial charge in [0.15, 0.2) is 0 Å². The zero-order chi connectivity index (χ0) is 23.3. The first-order valence-corrected chi connectivity index (χ1v) is 14.4. The second-order valence-electron chi connectivity index (χ2n) is 10.4. The van der Waals surface area contributed by atoms with Crippen LogP contribution in [0.2, 0.25) is 16.6 Å². The summed E-state index contributed by atoms with van der Waals surface area (Å²) in [5, 5.41) is 0. The molecule has 1 atom stereocenters. The number of nitrogens with zero attached hydrogens (tertiary/aromatic N) is 1. The van der Waals surface area contributed by atoms with Crippen molar-refractivity contribution in [1.29, 1.82) is 0 Å². The first-order chi connectivity index (χ1) is 14.5. The lowest BCUT2D eigenvalue weighted by Crippen LogP contribution is -2.50. The topological polar surface area (TPSA) is 29.5 Å². The van der Waals surface area contributed by atoms with E-state index in [9.17, 15) is 4.79 Å². The van der Waals surface area contributed by atoms with Gasteiger partial charge in [-0.3, -0.25) is 4.79 Å². The first-order valence-electron chi connectivity index (χ1n) is 12.3. The second kappa shape index (κ2) is 10.8. The van der Waals surface area contributed by atoms with Crippen molar-refractivity contribution in [2.24, 2.45) is 0 Å². The molecule has 0 saturated carbocycles. The summed E-state index contributed by atoms with van der Waals surface area (Å²) in [4.78, 5) is 15.0. The predicted octanol–water partition coefficient (Wildman–Crippen LogP) is 7.52. The van der Waals surface area contributed by atoms with Crippen LogP contribution in [0, 0.1) is 0 Å². The molecule has 0 N–H and O–H groups in total. The van der Waals surface area contributed by atoms with Crippen molar-refractivity contribution in [3.05, 3.63) is 41.0 Å². The minimum Gasteiger partial charge on any atom is -0.543 e. The Morgan fingerprint density at radius 3 is 2.03 bits per heavy atom. The van der Waals surface area contributed by atoms with E-state index >= 15 is 0 Å². The second-order valence-corrected chi connectivity index (χ2v) is 15.8. The molecule has 4 heteroatoms. The van der Waals surface area contributed by atoms with Gasteiger partial charge in [-0.2, -0.15) is 0 Å². The first kappa shape index (κ1) is 25.7. The maximum Gasteiger partial charge on any atom is 0.258 e. The van der Waals surface area contributed by atoms with Crippen LogP contribution in [0.5, 0.6) is 5.75 Å². The minimum atomic E-state index is -1.93. The Balaban J connectivity index is 2.10. The van der Waals surface area contributed by atoms with Gasteiger partial charge in [-0.25, -0.2) is 0 Å². The zero-order valence-corrected chi connectivity index (χ0v) is 22.4. The number of likely N-dealkylation sites (tertiary alicyclic amines) is 1. The molecule has 1 aliphatic heterocycles. The minimum absolute atomic E-state index is 0.250. The van der Waals surface area contributed by atoms with Gasteiger partial charge in [-0.1, -0.05) is 72.6 Å². The number of benzene rings is 1. The summed E-state index contributed by atoms with van der Waals surface area (Å²) in [5.74, 6) is 1.25. The zero-order valence-electron chi connectivity index (χ0n) is 21.4. The fraction of sp³-hybridized carbons (Fsp3) is 0.667. The molecule has 0 aromatic heterocycles. The number of rotatable bonds is 10. The van der Waals surface area contributed by atoms with Crippen LogP contribution >= 0.6 is 0 Å². The summed E-state index contributed by atoms with van der Waals surface area (Å²) in [5.41, 5.74) is 5.16. The maximum atomic E-state index is 12.9. The van der Waals surface area contributed by atoms with Crippen LogP contribution in [0.3, 0.4) is 0 Å². The highest BCUT2D eigenvalue weighted by Gasteiger charge is 2.47. The molecule has 1 aliphatic rings. The Bertz CT molecular complexity index is 738. The molecular formula is C27H45NO2Si. The molecule has 0 bridgehead atoms. The van der Waals surface area contributed by atoms with Crippen LogP contribution in [0.15, 0.2) is 35.4 Å². The van der Waals surface area contributed by atoms with Gasteiger partial charge >= 0.3 is 0 Å². The number of allylic oxidation sites excluding steroid dienone is 1. The van der Waals surface area contributed by atoms with Crippen LogP contribution in [0.25, 0.3) is 0 Å². The SMILES string of the molecule is CCCC1CC(=C(C)C)C(=O)N1CCc1ccc(O[Si](C(C)C)(C(C)C)C(C)C)cc1. The number of amides is 1. The van der Waals surface area contributed by atoms with E-state index in [0.717, 1.165) is 43.6 Å². The van der Waals surface area contributed by atoms with Crippen molar-refractivity contribution in [3.8, 4) is 5.75 Å². The average molecular weight is 444 g/mol. The molecule has 1 saturated heterocycles. The van der Waals surface area contributed by atoms with Crippen molar-refractivity contribution in [3.63, 3.8) is 0 Å². The van der Waals surface area contributed by atoms with Crippen molar-refractivity contribution in [2.45, 2.75) is 111 Å². The van der Waals surface area contributed by atoms with E-state index in [2.05, 4.69) is 91.5 Å². The van der Waals surface area contributed by atoms with Crippen LogP contribution < -0.4 is 4.43 Å². The van der Waals surface area contributed by atoms with E-state index in [-0.39, 0.29) is 5.91 Å². The van der Waals surface area contributed by atoms with Crippen LogP contribution in [-0.4, -0.2) is 31.7 Å². The highest BCUT2D eigenvalue weighted by molar-refractivity contribution is 6.78. The average Bonchev–Trinajstić information content (AvgIpc) is 3.00. The third-order valence-corrected chi connectivity index (χ3v) is 13.2. The van der Waals surface area contributed by atoms with Crippen LogP contribution in [0.4, 0.5) is 0 Å². The van der Waals surface area contributed by atoms with E-state index in [0.29, 0.717) is 22.7 Å². The van der Waals surface area contributed by atoms with Gasteiger partial charge in [0.05, 0.1) is 0 Å². The molecule has 1 unspecified atom stereocenters. The molecule has 0 spiro atoms. The lowest BCUT2D eigenvalue weighted by Gasteiger charge is -2.42. The highest BCUT2D eigenvalue weighted by atomic mass is 28.4. The lowest BCUT2D eigenvalue weighted by molar-refractivity contribution is -0.126. The maximum absolute atomic E-state index is 12.9. The van der Waals surface area contributed by atoms with Crippen molar-refractivity contribution in [1.82, 2.24) is 4.90 Å². The summed E-state index contributed by atoms with van der Waals surface area (Å²) in [6, 6.07) is 9.02. The third kappa shape index (κ3) is 5.63. The molecule has 2 rings (SSSR count). The Morgan fingerprint density at radius 2 is 1.58 bits per heavy atom. The molecule has 1 aromatic carbocycles. The molecule has 1 amide bonds. The van der Waals surface area contributed by atoms with Gasteiger partial charge in [0, 0.05) is 18.2 Å². The molecule has 3 nitrogen and oxygen atoms in total. The van der Waals surface area contributed by atoms with E-state index in [1.807, 2.05) is 0 Å². The Hall–Kier alpha value is -1.55. The van der Waals surface area contributed by atoms with Gasteiger partial charge in [0.2, 0.25) is 5.91 Å². The molecule has 1 aromatic rings. The Kier molecular flexibility index (Phi) is 8.99. The lowest BCUT2D eigenvalue weighted by atomic mass is 10.0. The summed E-state index contributed by atoms with van der Waals surface area (Å²) >= 11 is 0. The summed E-state index contributed by atoms with van der Waals surface area (Å²) in [6.45, 7) is 21.0. The van der Waals surface area contributed by atoms with E-state index in [4.69, 9.17) is 4.43 Å². The normalized spacial score (nSPS) is 17.4. The third-order valence-electron chi connectivity index (χ3n) is 7.19. The summed E-state index contributed by atoms with van der Waals surface area (Å²) in [7, 11) is -1.93. The standard InChI is InChI=1S/C27H45NO2Si/c1-10-11-24-18-26(19(2)3)27(29)28(24)17-16-23-12-14-25(15-13-23)30-31(20(4)5,21(6)7)22(8)9/h12-15,20-22,24H,10-11,16-18H2,1-9H3. The van der Waals surface area contributed by atoms with E-state index < -0.39 is 8.32 Å². The molecule has 1 heterocycles.